The Hall–Kier alpha value is -0.220. The molecule has 46 valence electrons. The molecule has 0 saturated heterocycles. The molecule has 0 fully saturated rings. The van der Waals surface area contributed by atoms with Crippen molar-refractivity contribution in [3.05, 3.63) is 0 Å². The Morgan fingerprint density at radius 2 is 2.38 bits per heavy atom. The smallest absolute Gasteiger partial charge is 0.155 e. The number of thioether (sulfide) groups is 1. The highest BCUT2D eigenvalue weighted by Gasteiger charge is 2.20. The molecule has 1 heterocycles. The van der Waals surface area contributed by atoms with Crippen LogP contribution >= 0.6 is 11.8 Å². The highest BCUT2D eigenvalue weighted by Crippen LogP contribution is 2.19. The number of nitrogens with zero attached hydrogens (tertiary/aromatic N) is 1. The van der Waals surface area contributed by atoms with Crippen molar-refractivity contribution in [3.63, 3.8) is 0 Å². The van der Waals surface area contributed by atoms with Crippen molar-refractivity contribution in [1.29, 1.82) is 0 Å². The molecule has 0 aliphatic carbocycles. The van der Waals surface area contributed by atoms with Gasteiger partial charge in [0, 0.05) is 0 Å². The molecule has 0 amide bonds. The number of rotatable bonds is 0. The van der Waals surface area contributed by atoms with Gasteiger partial charge >= 0.3 is 0 Å². The van der Waals surface area contributed by atoms with Crippen LogP contribution in [0.2, 0.25) is 0 Å². The van der Waals surface area contributed by atoms with Crippen LogP contribution in [0.25, 0.3) is 0 Å². The molecular weight excluding hydrogens is 122 g/mol. The van der Waals surface area contributed by atoms with E-state index in [9.17, 15) is 0 Å². The van der Waals surface area contributed by atoms with Gasteiger partial charge in [-0.15, -0.1) is 0 Å². The maximum Gasteiger partial charge on any atom is 0.155 e. The minimum atomic E-state index is 0.0787. The molecular formula is C4H9N3S. The largest absolute Gasteiger partial charge is 0.378 e. The van der Waals surface area contributed by atoms with Gasteiger partial charge in [0.25, 0.3) is 0 Å². The zero-order chi connectivity index (χ0) is 6.15. The molecule has 1 aliphatic heterocycles. The van der Waals surface area contributed by atoms with Crippen molar-refractivity contribution in [2.45, 2.75) is 18.3 Å². The average Bonchev–Trinajstić information content (AvgIpc) is 1.85. The third-order valence-electron chi connectivity index (χ3n) is 1.06. The van der Waals surface area contributed by atoms with Crippen molar-refractivity contribution in [3.8, 4) is 0 Å². The van der Waals surface area contributed by atoms with E-state index >= 15 is 0 Å². The highest BCUT2D eigenvalue weighted by atomic mass is 32.2. The summed E-state index contributed by atoms with van der Waals surface area (Å²) in [5.41, 5.74) is 10.9. The molecule has 2 atom stereocenters. The summed E-state index contributed by atoms with van der Waals surface area (Å²) < 4.78 is 0. The minimum absolute atomic E-state index is 0.0787. The third kappa shape index (κ3) is 0.952. The van der Waals surface area contributed by atoms with Crippen LogP contribution in [0.3, 0.4) is 0 Å². The lowest BCUT2D eigenvalue weighted by molar-refractivity contribution is 0.727. The normalized spacial score (nSPS) is 37.5. The molecule has 0 radical (unpaired) electrons. The summed E-state index contributed by atoms with van der Waals surface area (Å²) in [6, 6.07) is 0.194. The molecule has 0 saturated carbocycles. The first kappa shape index (κ1) is 5.91. The first-order chi connectivity index (χ1) is 3.70. The van der Waals surface area contributed by atoms with Crippen LogP contribution in [0.5, 0.6) is 0 Å². The second-order valence-electron chi connectivity index (χ2n) is 1.79. The quantitative estimate of drug-likeness (QED) is 0.475. The van der Waals surface area contributed by atoms with E-state index in [4.69, 9.17) is 11.5 Å². The van der Waals surface area contributed by atoms with Crippen molar-refractivity contribution in [2.75, 3.05) is 0 Å². The Morgan fingerprint density at radius 3 is 2.50 bits per heavy atom. The first-order valence-corrected chi connectivity index (χ1v) is 3.33. The zero-order valence-electron chi connectivity index (χ0n) is 4.66. The number of hydrogen-bond donors (Lipinski definition) is 2. The molecule has 0 aromatic carbocycles. The fourth-order valence-corrected chi connectivity index (χ4v) is 1.31. The van der Waals surface area contributed by atoms with Gasteiger partial charge in [-0.3, -0.25) is 4.99 Å². The molecule has 4 N–H and O–H groups in total. The van der Waals surface area contributed by atoms with Gasteiger partial charge in [-0.05, 0) is 6.92 Å². The molecule has 2 unspecified atom stereocenters. The Morgan fingerprint density at radius 1 is 1.75 bits per heavy atom. The van der Waals surface area contributed by atoms with Crippen LogP contribution in [0.4, 0.5) is 0 Å². The van der Waals surface area contributed by atoms with Gasteiger partial charge < -0.3 is 11.5 Å². The summed E-state index contributed by atoms with van der Waals surface area (Å²) >= 11 is 1.43. The van der Waals surface area contributed by atoms with Crippen LogP contribution in [0.1, 0.15) is 6.92 Å². The minimum Gasteiger partial charge on any atom is -0.378 e. The second-order valence-corrected chi connectivity index (χ2v) is 2.99. The van der Waals surface area contributed by atoms with E-state index in [1.807, 2.05) is 6.92 Å². The lowest BCUT2D eigenvalue weighted by Crippen LogP contribution is -2.23. The van der Waals surface area contributed by atoms with Crippen molar-refractivity contribution < 1.29 is 0 Å². The van der Waals surface area contributed by atoms with Gasteiger partial charge in [0.1, 0.15) is 0 Å². The van der Waals surface area contributed by atoms with Crippen molar-refractivity contribution in [2.24, 2.45) is 16.5 Å². The van der Waals surface area contributed by atoms with E-state index < -0.39 is 0 Å². The van der Waals surface area contributed by atoms with Crippen LogP contribution in [0, 0.1) is 0 Å². The molecule has 1 rings (SSSR count). The molecule has 1 aliphatic rings. The van der Waals surface area contributed by atoms with Gasteiger partial charge in [-0.25, -0.2) is 0 Å². The van der Waals surface area contributed by atoms with E-state index in [-0.39, 0.29) is 11.4 Å². The standard InChI is InChI=1S/C4H9N3S/c1-2-3(5)8-4(6)7-2/h2-3H,5H2,1H3,(H2,6,7). The van der Waals surface area contributed by atoms with Crippen molar-refractivity contribution >= 4 is 16.9 Å². The van der Waals surface area contributed by atoms with Gasteiger partial charge in [0.05, 0.1) is 11.4 Å². The predicted octanol–water partition coefficient (Wildman–Crippen LogP) is -0.279. The average molecular weight is 131 g/mol. The topological polar surface area (TPSA) is 64.4 Å². The Balaban J connectivity index is 2.56. The van der Waals surface area contributed by atoms with E-state index in [1.54, 1.807) is 0 Å². The second kappa shape index (κ2) is 1.95. The van der Waals surface area contributed by atoms with E-state index in [0.29, 0.717) is 5.17 Å². The fourth-order valence-electron chi connectivity index (χ4n) is 0.542. The number of nitrogens with two attached hydrogens (primary N) is 2. The van der Waals surface area contributed by atoms with Gasteiger partial charge in [-0.1, -0.05) is 11.8 Å². The summed E-state index contributed by atoms with van der Waals surface area (Å²) in [4.78, 5) is 4.00. The van der Waals surface area contributed by atoms with Crippen LogP contribution in [0.15, 0.2) is 4.99 Å². The van der Waals surface area contributed by atoms with Gasteiger partial charge in [-0.2, -0.15) is 0 Å². The Labute approximate surface area is 52.5 Å². The number of hydrogen-bond acceptors (Lipinski definition) is 4. The lowest BCUT2D eigenvalue weighted by Gasteiger charge is -2.02. The molecule has 0 spiro atoms. The first-order valence-electron chi connectivity index (χ1n) is 2.45. The summed E-state index contributed by atoms with van der Waals surface area (Å²) in [5.74, 6) is 0. The van der Waals surface area contributed by atoms with Crippen molar-refractivity contribution in [1.82, 2.24) is 0 Å². The summed E-state index contributed by atoms with van der Waals surface area (Å²) in [6.45, 7) is 1.96. The molecule has 0 bridgehead atoms. The van der Waals surface area contributed by atoms with Crippen LogP contribution < -0.4 is 11.5 Å². The predicted molar refractivity (Wildman–Crippen MR) is 36.7 cm³/mol. The summed E-state index contributed by atoms with van der Waals surface area (Å²) in [6.07, 6.45) is 0. The lowest BCUT2D eigenvalue weighted by atomic mass is 10.4. The van der Waals surface area contributed by atoms with Crippen LogP contribution in [-0.4, -0.2) is 16.6 Å². The van der Waals surface area contributed by atoms with Crippen LogP contribution in [-0.2, 0) is 0 Å². The molecule has 4 heteroatoms. The van der Waals surface area contributed by atoms with E-state index in [1.165, 1.54) is 11.8 Å². The third-order valence-corrected chi connectivity index (χ3v) is 2.08. The summed E-state index contributed by atoms with van der Waals surface area (Å²) in [7, 11) is 0. The molecule has 0 aromatic heterocycles. The monoisotopic (exact) mass is 131 g/mol. The maximum atomic E-state index is 5.54. The Kier molecular flexibility index (Phi) is 1.44. The molecule has 0 aromatic rings. The van der Waals surface area contributed by atoms with E-state index in [0.717, 1.165) is 0 Å². The highest BCUT2D eigenvalue weighted by molar-refractivity contribution is 8.14. The molecule has 8 heavy (non-hydrogen) atoms. The summed E-state index contributed by atoms with van der Waals surface area (Å²) in [5, 5.41) is 0.694. The van der Waals surface area contributed by atoms with E-state index in [2.05, 4.69) is 4.99 Å². The number of amidine groups is 1. The zero-order valence-corrected chi connectivity index (χ0v) is 5.48. The Bertz CT molecular complexity index is 122. The fraction of sp³-hybridized carbons (Fsp3) is 0.750. The SMILES string of the molecule is CC1N=C(N)SC1N. The van der Waals surface area contributed by atoms with Gasteiger partial charge in [0.15, 0.2) is 5.17 Å². The maximum absolute atomic E-state index is 5.54. The number of aliphatic imine (C=N–C) groups is 1. The molecule has 3 nitrogen and oxygen atoms in total. The van der Waals surface area contributed by atoms with Gasteiger partial charge in [0.2, 0.25) is 0 Å².